The van der Waals surface area contributed by atoms with Gasteiger partial charge < -0.3 is 24.1 Å². The van der Waals surface area contributed by atoms with Gasteiger partial charge in [-0.15, -0.1) is 8.78 Å². The van der Waals surface area contributed by atoms with Gasteiger partial charge in [-0.1, -0.05) is 0 Å². The molecule has 0 amide bonds. The maximum Gasteiger partial charge on any atom is 0.586 e. The number of H-pyrrole nitrogens is 1. The van der Waals surface area contributed by atoms with Crippen LogP contribution in [0.2, 0.25) is 0 Å². The molecule has 0 spiro atoms. The maximum absolute atomic E-state index is 13.5. The number of rotatable bonds is 5. The molecule has 11 heteroatoms. The van der Waals surface area contributed by atoms with Crippen molar-refractivity contribution < 1.29 is 23.0 Å². The minimum atomic E-state index is -3.64. The number of hydrogen-bond donors (Lipinski definition) is 1. The van der Waals surface area contributed by atoms with Gasteiger partial charge in [0.15, 0.2) is 11.5 Å². The van der Waals surface area contributed by atoms with Crippen molar-refractivity contribution in [1.29, 1.82) is 0 Å². The number of anilines is 1. The Bertz CT molecular complexity index is 1640. The van der Waals surface area contributed by atoms with Gasteiger partial charge in [-0.25, -0.2) is 19.9 Å². The van der Waals surface area contributed by atoms with Crippen LogP contribution in [0.1, 0.15) is 47.1 Å². The Balaban J connectivity index is 1.07. The Morgan fingerprint density at radius 1 is 1.02 bits per heavy atom. The van der Waals surface area contributed by atoms with Gasteiger partial charge in [-0.2, -0.15) is 0 Å². The average molecular weight is 545 g/mol. The molecule has 2 aliphatic heterocycles. The fourth-order valence-corrected chi connectivity index (χ4v) is 5.69. The Labute approximate surface area is 228 Å². The van der Waals surface area contributed by atoms with E-state index in [4.69, 9.17) is 9.72 Å². The molecule has 0 saturated carbocycles. The van der Waals surface area contributed by atoms with Crippen LogP contribution in [0, 0.1) is 6.92 Å². The SMILES string of the molecule is COc1cc(C2=Cc3c(ncnc3N3CCC(c4nc(-c5ccc6c(c5)OC(F)(F)O6)c(C)[nH]4)CC3)C2)ccn1. The summed E-state index contributed by atoms with van der Waals surface area (Å²) in [6, 6.07) is 8.68. The Kier molecular flexibility index (Phi) is 5.69. The van der Waals surface area contributed by atoms with Crippen LogP contribution in [0.4, 0.5) is 14.6 Å². The number of aromatic nitrogens is 5. The second-order valence-corrected chi connectivity index (χ2v) is 10.2. The van der Waals surface area contributed by atoms with E-state index in [-0.39, 0.29) is 17.4 Å². The number of halogens is 2. The van der Waals surface area contributed by atoms with Gasteiger partial charge in [0, 0.05) is 54.5 Å². The van der Waals surface area contributed by atoms with E-state index >= 15 is 0 Å². The van der Waals surface area contributed by atoms with Crippen LogP contribution in [-0.2, 0) is 6.42 Å². The van der Waals surface area contributed by atoms with Gasteiger partial charge in [0.2, 0.25) is 5.88 Å². The van der Waals surface area contributed by atoms with Crippen LogP contribution >= 0.6 is 0 Å². The Morgan fingerprint density at radius 3 is 2.67 bits per heavy atom. The highest BCUT2D eigenvalue weighted by Gasteiger charge is 2.43. The summed E-state index contributed by atoms with van der Waals surface area (Å²) >= 11 is 0. The van der Waals surface area contributed by atoms with Crippen LogP contribution in [0.15, 0.2) is 42.9 Å². The van der Waals surface area contributed by atoms with E-state index in [1.165, 1.54) is 6.07 Å². The van der Waals surface area contributed by atoms with Gasteiger partial charge in [-0.3, -0.25) is 0 Å². The number of aromatic amines is 1. The largest absolute Gasteiger partial charge is 0.586 e. The first-order chi connectivity index (χ1) is 19.4. The number of nitrogens with zero attached hydrogens (tertiary/aromatic N) is 5. The minimum Gasteiger partial charge on any atom is -0.481 e. The van der Waals surface area contributed by atoms with Crippen molar-refractivity contribution in [2.75, 3.05) is 25.1 Å². The third kappa shape index (κ3) is 4.31. The molecule has 3 aliphatic rings. The maximum atomic E-state index is 13.5. The number of allylic oxidation sites excluding steroid dienone is 1. The summed E-state index contributed by atoms with van der Waals surface area (Å²) in [6.07, 6.45) is 4.47. The molecule has 4 aromatic rings. The van der Waals surface area contributed by atoms with Crippen molar-refractivity contribution in [3.8, 4) is 28.6 Å². The molecule has 1 fully saturated rings. The lowest BCUT2D eigenvalue weighted by atomic mass is 9.96. The number of imidazole rings is 1. The van der Waals surface area contributed by atoms with Gasteiger partial charge >= 0.3 is 6.29 Å². The van der Waals surface area contributed by atoms with Crippen molar-refractivity contribution >= 4 is 17.5 Å². The first-order valence-electron chi connectivity index (χ1n) is 13.1. The summed E-state index contributed by atoms with van der Waals surface area (Å²) in [4.78, 5) is 24.0. The van der Waals surface area contributed by atoms with Gasteiger partial charge in [-0.05, 0) is 61.2 Å². The molecule has 3 aromatic heterocycles. The van der Waals surface area contributed by atoms with Crippen molar-refractivity contribution in [3.63, 3.8) is 0 Å². The van der Waals surface area contributed by atoms with Crippen LogP contribution in [-0.4, -0.2) is 51.4 Å². The molecule has 0 atom stereocenters. The van der Waals surface area contributed by atoms with Crippen LogP contribution in [0.25, 0.3) is 22.9 Å². The lowest BCUT2D eigenvalue weighted by Crippen LogP contribution is -2.34. The van der Waals surface area contributed by atoms with E-state index in [0.29, 0.717) is 11.4 Å². The molecule has 7 rings (SSSR count). The van der Waals surface area contributed by atoms with Crippen molar-refractivity contribution in [1.82, 2.24) is 24.9 Å². The molecule has 1 N–H and O–H groups in total. The molecule has 1 aliphatic carbocycles. The van der Waals surface area contributed by atoms with Crippen molar-refractivity contribution in [2.45, 2.75) is 38.4 Å². The number of fused-ring (bicyclic) bond motifs is 2. The number of aryl methyl sites for hydroxylation is 1. The quantitative estimate of drug-likeness (QED) is 0.358. The summed E-state index contributed by atoms with van der Waals surface area (Å²) in [5.41, 5.74) is 6.61. The van der Waals surface area contributed by atoms with E-state index in [1.54, 1.807) is 31.8 Å². The van der Waals surface area contributed by atoms with Crippen LogP contribution < -0.4 is 19.1 Å². The first-order valence-corrected chi connectivity index (χ1v) is 13.1. The first kappa shape index (κ1) is 24.5. The van der Waals surface area contributed by atoms with Gasteiger partial charge in [0.25, 0.3) is 0 Å². The lowest BCUT2D eigenvalue weighted by molar-refractivity contribution is -0.286. The number of piperidine rings is 1. The number of pyridine rings is 1. The predicted octanol–water partition coefficient (Wildman–Crippen LogP) is 5.38. The highest BCUT2D eigenvalue weighted by molar-refractivity contribution is 5.91. The molecule has 0 unspecified atom stereocenters. The van der Waals surface area contributed by atoms with E-state index in [9.17, 15) is 8.78 Å². The second kappa shape index (κ2) is 9.29. The fraction of sp³-hybridized carbons (Fsp3) is 0.310. The summed E-state index contributed by atoms with van der Waals surface area (Å²) < 4.78 is 41.4. The van der Waals surface area contributed by atoms with E-state index < -0.39 is 6.29 Å². The predicted molar refractivity (Wildman–Crippen MR) is 144 cm³/mol. The number of methoxy groups -OCH3 is 1. The van der Waals surface area contributed by atoms with Gasteiger partial charge in [0.05, 0.1) is 18.5 Å². The average Bonchev–Trinajstić information content (AvgIpc) is 3.66. The molecule has 1 saturated heterocycles. The topological polar surface area (TPSA) is 98.3 Å². The molecule has 9 nitrogen and oxygen atoms in total. The molecular formula is C29H26F2N6O3. The number of hydrogen-bond acceptors (Lipinski definition) is 8. The Morgan fingerprint density at radius 2 is 1.85 bits per heavy atom. The highest BCUT2D eigenvalue weighted by Crippen LogP contribution is 2.43. The number of ether oxygens (including phenoxy) is 3. The number of alkyl halides is 2. The molecule has 40 heavy (non-hydrogen) atoms. The zero-order valence-corrected chi connectivity index (χ0v) is 21.9. The molecule has 5 heterocycles. The zero-order valence-electron chi connectivity index (χ0n) is 21.9. The molecular weight excluding hydrogens is 518 g/mol. The van der Waals surface area contributed by atoms with Gasteiger partial charge in [0.1, 0.15) is 18.0 Å². The fourth-order valence-electron chi connectivity index (χ4n) is 5.69. The number of benzene rings is 1. The van der Waals surface area contributed by atoms with Crippen molar-refractivity contribution in [2.24, 2.45) is 0 Å². The van der Waals surface area contributed by atoms with E-state index in [0.717, 1.165) is 77.8 Å². The standard InChI is InChI=1S/C29H26F2N6O3/c1-16-26(19-3-4-23-24(13-19)40-29(30,31)39-23)36-27(35-16)17-6-9-37(10-7-17)28-21-11-20(12-22(21)33-15-34-28)18-5-8-32-25(14-18)38-2/h3-5,8,11,13-15,17H,6-7,9-10,12H2,1-2H3,(H,35,36). The van der Waals surface area contributed by atoms with Crippen LogP contribution in [0.3, 0.4) is 0 Å². The molecule has 0 radical (unpaired) electrons. The molecule has 1 aromatic carbocycles. The number of nitrogens with one attached hydrogen (secondary N) is 1. The summed E-state index contributed by atoms with van der Waals surface area (Å²) in [6.45, 7) is 3.59. The third-order valence-electron chi connectivity index (χ3n) is 7.70. The van der Waals surface area contributed by atoms with Crippen molar-refractivity contribution in [3.05, 3.63) is 71.2 Å². The minimum absolute atomic E-state index is 0.0115. The van der Waals surface area contributed by atoms with Crippen LogP contribution in [0.5, 0.6) is 17.4 Å². The second-order valence-electron chi connectivity index (χ2n) is 10.2. The summed E-state index contributed by atoms with van der Waals surface area (Å²) in [5, 5.41) is 0. The zero-order chi connectivity index (χ0) is 27.4. The third-order valence-corrected chi connectivity index (χ3v) is 7.70. The molecule has 204 valence electrons. The summed E-state index contributed by atoms with van der Waals surface area (Å²) in [5.74, 6) is 2.71. The monoisotopic (exact) mass is 544 g/mol. The smallest absolute Gasteiger partial charge is 0.481 e. The normalized spacial score (nSPS) is 17.6. The highest BCUT2D eigenvalue weighted by atomic mass is 19.3. The molecule has 0 bridgehead atoms. The summed E-state index contributed by atoms with van der Waals surface area (Å²) in [7, 11) is 1.61. The lowest BCUT2D eigenvalue weighted by Gasteiger charge is -2.32. The van der Waals surface area contributed by atoms with E-state index in [2.05, 4.69) is 40.4 Å². The van der Waals surface area contributed by atoms with E-state index in [1.807, 2.05) is 19.1 Å². The Hall–Kier alpha value is -4.54.